The quantitative estimate of drug-likeness (QED) is 0.529. The second-order valence-corrected chi connectivity index (χ2v) is 9.19. The van der Waals surface area contributed by atoms with Crippen LogP contribution in [-0.2, 0) is 19.1 Å². The van der Waals surface area contributed by atoms with Crippen molar-refractivity contribution in [3.63, 3.8) is 0 Å². The molecule has 35 heavy (non-hydrogen) atoms. The summed E-state index contributed by atoms with van der Waals surface area (Å²) < 4.78 is 10.9. The lowest BCUT2D eigenvalue weighted by molar-refractivity contribution is -0.153. The Balaban J connectivity index is 1.47. The van der Waals surface area contributed by atoms with E-state index in [2.05, 4.69) is 22.8 Å². The van der Waals surface area contributed by atoms with E-state index in [1.165, 1.54) is 0 Å². The highest BCUT2D eigenvalue weighted by Crippen LogP contribution is 2.44. The first-order valence-corrected chi connectivity index (χ1v) is 12.1. The third kappa shape index (κ3) is 4.62. The summed E-state index contributed by atoms with van der Waals surface area (Å²) in [6, 6.07) is 16.1. The summed E-state index contributed by atoms with van der Waals surface area (Å²) in [4.78, 5) is 38.3. The molecule has 0 bridgehead atoms. The molecule has 2 aromatic rings. The number of hydrogen-bond donors (Lipinski definition) is 3. The van der Waals surface area contributed by atoms with Crippen molar-refractivity contribution < 1.29 is 29.0 Å². The van der Waals surface area contributed by atoms with Crippen molar-refractivity contribution in [3.8, 4) is 11.1 Å². The number of ether oxygens (including phenoxy) is 2. The SMILES string of the molecule is CCC(CC)(NC(=O)OCC1c2ccccc2-c2ccccc21)C(=O)NC1(C(=O)O)CCOCC1. The van der Waals surface area contributed by atoms with Gasteiger partial charge in [0.1, 0.15) is 17.7 Å². The van der Waals surface area contributed by atoms with Gasteiger partial charge in [-0.25, -0.2) is 9.59 Å². The summed E-state index contributed by atoms with van der Waals surface area (Å²) in [7, 11) is 0. The molecule has 0 spiro atoms. The summed E-state index contributed by atoms with van der Waals surface area (Å²) in [5, 5.41) is 15.3. The Morgan fingerprint density at radius 2 is 1.54 bits per heavy atom. The van der Waals surface area contributed by atoms with Crippen molar-refractivity contribution >= 4 is 18.0 Å². The molecule has 0 unspecified atom stereocenters. The molecule has 1 aliphatic heterocycles. The van der Waals surface area contributed by atoms with Crippen molar-refractivity contribution in [3.05, 3.63) is 59.7 Å². The molecule has 186 valence electrons. The third-order valence-electron chi connectivity index (χ3n) is 7.44. The summed E-state index contributed by atoms with van der Waals surface area (Å²) in [5.74, 6) is -1.73. The van der Waals surface area contributed by atoms with Crippen LogP contribution >= 0.6 is 0 Å². The number of aliphatic carboxylic acids is 1. The average molecular weight is 481 g/mol. The van der Waals surface area contributed by atoms with Crippen LogP contribution in [0, 0.1) is 0 Å². The molecule has 4 rings (SSSR count). The van der Waals surface area contributed by atoms with E-state index >= 15 is 0 Å². The van der Waals surface area contributed by atoms with Crippen LogP contribution in [-0.4, -0.2) is 54.0 Å². The van der Waals surface area contributed by atoms with Gasteiger partial charge in [-0.1, -0.05) is 62.4 Å². The average Bonchev–Trinajstić information content (AvgIpc) is 3.20. The van der Waals surface area contributed by atoms with E-state index in [1.807, 2.05) is 36.4 Å². The molecule has 8 heteroatoms. The number of alkyl carbamates (subject to hydrolysis) is 1. The minimum atomic E-state index is -1.41. The topological polar surface area (TPSA) is 114 Å². The number of carbonyl (C=O) groups excluding carboxylic acids is 2. The lowest BCUT2D eigenvalue weighted by Gasteiger charge is -2.38. The molecule has 3 N–H and O–H groups in total. The smallest absolute Gasteiger partial charge is 0.408 e. The first-order chi connectivity index (χ1) is 16.9. The fourth-order valence-corrected chi connectivity index (χ4v) is 5.08. The summed E-state index contributed by atoms with van der Waals surface area (Å²) >= 11 is 0. The van der Waals surface area contributed by atoms with E-state index in [9.17, 15) is 19.5 Å². The van der Waals surface area contributed by atoms with Gasteiger partial charge >= 0.3 is 12.1 Å². The van der Waals surface area contributed by atoms with Gasteiger partial charge in [0.15, 0.2) is 0 Å². The molecule has 1 heterocycles. The molecular weight excluding hydrogens is 448 g/mol. The van der Waals surface area contributed by atoms with Crippen LogP contribution < -0.4 is 10.6 Å². The normalized spacial score (nSPS) is 16.6. The fourth-order valence-electron chi connectivity index (χ4n) is 5.08. The standard InChI is InChI=1S/C27H32N2O6/c1-3-26(4-2,23(30)28-27(24(31)32)13-15-34-16-14-27)29-25(33)35-17-22-20-11-7-5-9-18(20)19-10-6-8-12-21(19)22/h5-12,22H,3-4,13-17H2,1-2H3,(H,28,30)(H,29,33)(H,31,32). The highest BCUT2D eigenvalue weighted by atomic mass is 16.5. The molecule has 0 saturated carbocycles. The molecular formula is C27H32N2O6. The molecule has 2 aromatic carbocycles. The van der Waals surface area contributed by atoms with Gasteiger partial charge in [-0.3, -0.25) is 4.79 Å². The van der Waals surface area contributed by atoms with Crippen LogP contribution in [0.4, 0.5) is 4.79 Å². The summed E-state index contributed by atoms with van der Waals surface area (Å²) in [6.45, 7) is 4.19. The second-order valence-electron chi connectivity index (χ2n) is 9.19. The monoisotopic (exact) mass is 480 g/mol. The number of carboxylic acid groups (broad SMARTS) is 1. The molecule has 0 aromatic heterocycles. The Labute approximate surface area is 205 Å². The van der Waals surface area contributed by atoms with Gasteiger partial charge < -0.3 is 25.2 Å². The minimum Gasteiger partial charge on any atom is -0.480 e. The molecule has 8 nitrogen and oxygen atoms in total. The maximum Gasteiger partial charge on any atom is 0.408 e. The van der Waals surface area contributed by atoms with Crippen LogP contribution in [0.3, 0.4) is 0 Å². The maximum atomic E-state index is 13.3. The molecule has 1 saturated heterocycles. The van der Waals surface area contributed by atoms with Crippen LogP contribution in [0.1, 0.15) is 56.6 Å². The zero-order valence-corrected chi connectivity index (χ0v) is 20.1. The summed E-state index contributed by atoms with van der Waals surface area (Å²) in [5.41, 5.74) is 1.75. The van der Waals surface area contributed by atoms with Crippen molar-refractivity contribution in [1.82, 2.24) is 10.6 Å². The van der Waals surface area contributed by atoms with E-state index in [0.29, 0.717) is 0 Å². The number of benzene rings is 2. The molecule has 0 radical (unpaired) electrons. The predicted molar refractivity (Wildman–Crippen MR) is 130 cm³/mol. The number of carboxylic acids is 1. The Hall–Kier alpha value is -3.39. The molecule has 2 aliphatic rings. The Bertz CT molecular complexity index is 1060. The highest BCUT2D eigenvalue weighted by Gasteiger charge is 2.46. The number of hydrogen-bond acceptors (Lipinski definition) is 5. The molecule has 1 aliphatic carbocycles. The Kier molecular flexibility index (Phi) is 7.12. The predicted octanol–water partition coefficient (Wildman–Crippen LogP) is 3.83. The van der Waals surface area contributed by atoms with Crippen LogP contribution in [0.15, 0.2) is 48.5 Å². The van der Waals surface area contributed by atoms with Crippen LogP contribution in [0.5, 0.6) is 0 Å². The first kappa shape index (κ1) is 24.7. The number of rotatable bonds is 8. The Morgan fingerprint density at radius 3 is 2.06 bits per heavy atom. The van der Waals surface area contributed by atoms with Gasteiger partial charge in [0.05, 0.1) is 0 Å². The number of nitrogens with one attached hydrogen (secondary N) is 2. The zero-order chi connectivity index (χ0) is 25.1. The van der Waals surface area contributed by atoms with Gasteiger partial charge in [0.2, 0.25) is 5.91 Å². The van der Waals surface area contributed by atoms with Crippen molar-refractivity contribution in [2.75, 3.05) is 19.8 Å². The Morgan fingerprint density at radius 1 is 1.00 bits per heavy atom. The van der Waals surface area contributed by atoms with Crippen LogP contribution in [0.25, 0.3) is 11.1 Å². The number of carbonyl (C=O) groups is 3. The van der Waals surface area contributed by atoms with E-state index in [0.717, 1.165) is 22.3 Å². The van der Waals surface area contributed by atoms with Crippen molar-refractivity contribution in [2.45, 2.75) is 56.5 Å². The lowest BCUT2D eigenvalue weighted by atomic mass is 9.86. The van der Waals surface area contributed by atoms with Crippen LogP contribution in [0.2, 0.25) is 0 Å². The first-order valence-electron chi connectivity index (χ1n) is 12.1. The largest absolute Gasteiger partial charge is 0.480 e. The second kappa shape index (κ2) is 10.1. The van der Waals surface area contributed by atoms with E-state index in [4.69, 9.17) is 9.47 Å². The maximum absolute atomic E-state index is 13.3. The van der Waals surface area contributed by atoms with Gasteiger partial charge in [0.25, 0.3) is 0 Å². The van der Waals surface area contributed by atoms with E-state index in [1.54, 1.807) is 13.8 Å². The van der Waals surface area contributed by atoms with Gasteiger partial charge in [-0.05, 0) is 35.1 Å². The number of amides is 2. The van der Waals surface area contributed by atoms with Gasteiger partial charge in [-0.15, -0.1) is 0 Å². The van der Waals surface area contributed by atoms with E-state index in [-0.39, 0.29) is 51.4 Å². The van der Waals surface area contributed by atoms with Crippen molar-refractivity contribution in [1.29, 1.82) is 0 Å². The lowest BCUT2D eigenvalue weighted by Crippen LogP contribution is -2.66. The van der Waals surface area contributed by atoms with Gasteiger partial charge in [0, 0.05) is 32.0 Å². The minimum absolute atomic E-state index is 0.0999. The molecule has 1 fully saturated rings. The molecule has 2 amide bonds. The van der Waals surface area contributed by atoms with Crippen molar-refractivity contribution in [2.24, 2.45) is 0 Å². The highest BCUT2D eigenvalue weighted by molar-refractivity contribution is 5.94. The molecule has 0 atom stereocenters. The zero-order valence-electron chi connectivity index (χ0n) is 20.1. The van der Waals surface area contributed by atoms with Gasteiger partial charge in [-0.2, -0.15) is 0 Å². The summed E-state index contributed by atoms with van der Waals surface area (Å²) in [6.07, 6.45) is 0.199. The third-order valence-corrected chi connectivity index (χ3v) is 7.44. The number of fused-ring (bicyclic) bond motifs is 3. The fraction of sp³-hybridized carbons (Fsp3) is 0.444. The van der Waals surface area contributed by atoms with E-state index < -0.39 is 29.0 Å².